The van der Waals surface area contributed by atoms with Crippen molar-refractivity contribution in [3.8, 4) is 5.69 Å². The quantitative estimate of drug-likeness (QED) is 0.870. The first-order valence-electron chi connectivity index (χ1n) is 7.70. The number of piperidine rings is 1. The molecular formula is C16H22Cl3N5. The van der Waals surface area contributed by atoms with Crippen LogP contribution < -0.4 is 5.73 Å². The van der Waals surface area contributed by atoms with E-state index in [1.54, 1.807) is 16.8 Å². The van der Waals surface area contributed by atoms with Crippen LogP contribution in [0.1, 0.15) is 26.0 Å². The first-order valence-corrected chi connectivity index (χ1v) is 8.45. The van der Waals surface area contributed by atoms with Crippen LogP contribution in [-0.4, -0.2) is 39.0 Å². The van der Waals surface area contributed by atoms with Crippen molar-refractivity contribution >= 4 is 35.6 Å². The van der Waals surface area contributed by atoms with Gasteiger partial charge in [-0.2, -0.15) is 0 Å². The Morgan fingerprint density at radius 2 is 2.08 bits per heavy atom. The number of benzene rings is 1. The number of hydrogen-bond donors (Lipinski definition) is 1. The van der Waals surface area contributed by atoms with E-state index in [-0.39, 0.29) is 23.9 Å². The molecule has 1 saturated heterocycles. The van der Waals surface area contributed by atoms with E-state index in [4.69, 9.17) is 28.9 Å². The number of nitrogens with two attached hydrogens (primary N) is 1. The van der Waals surface area contributed by atoms with E-state index in [0.717, 1.165) is 37.4 Å². The highest BCUT2D eigenvalue weighted by molar-refractivity contribution is 6.35. The third-order valence-corrected chi connectivity index (χ3v) is 5.01. The molecule has 1 aromatic heterocycles. The van der Waals surface area contributed by atoms with Crippen LogP contribution in [-0.2, 0) is 6.54 Å². The number of likely N-dealkylation sites (tertiary alicyclic amines) is 1. The van der Waals surface area contributed by atoms with Gasteiger partial charge in [-0.1, -0.05) is 42.3 Å². The number of hydrogen-bond acceptors (Lipinski definition) is 4. The van der Waals surface area contributed by atoms with Crippen molar-refractivity contribution in [2.75, 3.05) is 13.1 Å². The highest BCUT2D eigenvalue weighted by atomic mass is 35.5. The molecule has 3 rings (SSSR count). The lowest BCUT2D eigenvalue weighted by Gasteiger charge is -2.42. The second kappa shape index (κ2) is 7.58. The van der Waals surface area contributed by atoms with Crippen molar-refractivity contribution in [3.63, 3.8) is 0 Å². The molecule has 24 heavy (non-hydrogen) atoms. The van der Waals surface area contributed by atoms with Gasteiger partial charge in [-0.05, 0) is 30.0 Å². The Morgan fingerprint density at radius 1 is 1.33 bits per heavy atom. The van der Waals surface area contributed by atoms with Crippen LogP contribution in [0.4, 0.5) is 0 Å². The van der Waals surface area contributed by atoms with Crippen LogP contribution in [0.5, 0.6) is 0 Å². The van der Waals surface area contributed by atoms with E-state index in [9.17, 15) is 0 Å². The van der Waals surface area contributed by atoms with Crippen molar-refractivity contribution in [3.05, 3.63) is 40.1 Å². The Labute approximate surface area is 158 Å². The fourth-order valence-electron chi connectivity index (χ4n) is 3.00. The lowest BCUT2D eigenvalue weighted by Crippen LogP contribution is -2.52. The summed E-state index contributed by atoms with van der Waals surface area (Å²) in [5.74, 6) is 0. The van der Waals surface area contributed by atoms with Gasteiger partial charge in [-0.3, -0.25) is 4.90 Å². The normalized spacial score (nSPS) is 20.6. The van der Waals surface area contributed by atoms with Crippen molar-refractivity contribution in [2.45, 2.75) is 32.9 Å². The van der Waals surface area contributed by atoms with Gasteiger partial charge in [-0.25, -0.2) is 4.68 Å². The van der Waals surface area contributed by atoms with E-state index >= 15 is 0 Å². The lowest BCUT2D eigenvalue weighted by molar-refractivity contribution is 0.0889. The summed E-state index contributed by atoms with van der Waals surface area (Å²) in [5, 5.41) is 9.60. The molecule has 0 bridgehead atoms. The molecule has 0 aliphatic carbocycles. The van der Waals surface area contributed by atoms with Crippen molar-refractivity contribution in [1.29, 1.82) is 0 Å². The maximum absolute atomic E-state index is 6.22. The van der Waals surface area contributed by atoms with Gasteiger partial charge in [0.05, 0.1) is 22.6 Å². The number of aromatic nitrogens is 3. The summed E-state index contributed by atoms with van der Waals surface area (Å²) in [4.78, 5) is 2.38. The van der Waals surface area contributed by atoms with Crippen LogP contribution in [0.25, 0.3) is 5.69 Å². The Kier molecular flexibility index (Phi) is 6.15. The second-order valence-electron chi connectivity index (χ2n) is 6.84. The first-order chi connectivity index (χ1) is 10.8. The fraction of sp³-hybridized carbons (Fsp3) is 0.500. The molecule has 0 amide bonds. The second-order valence-corrected chi connectivity index (χ2v) is 7.69. The Morgan fingerprint density at radius 3 is 2.75 bits per heavy atom. The monoisotopic (exact) mass is 389 g/mol. The van der Waals surface area contributed by atoms with Gasteiger partial charge in [0.15, 0.2) is 0 Å². The summed E-state index contributed by atoms with van der Waals surface area (Å²) >= 11 is 12.2. The molecule has 0 spiro atoms. The summed E-state index contributed by atoms with van der Waals surface area (Å²) in [6, 6.07) is 5.58. The Bertz CT molecular complexity index is 701. The van der Waals surface area contributed by atoms with Gasteiger partial charge in [0, 0.05) is 30.7 Å². The Hall–Kier alpha value is -0.850. The van der Waals surface area contributed by atoms with Crippen molar-refractivity contribution < 1.29 is 0 Å². The molecule has 1 aliphatic heterocycles. The predicted molar refractivity (Wildman–Crippen MR) is 100 cm³/mol. The van der Waals surface area contributed by atoms with Gasteiger partial charge >= 0.3 is 0 Å². The molecular weight excluding hydrogens is 369 g/mol. The first kappa shape index (κ1) is 19.5. The average molecular weight is 391 g/mol. The average Bonchev–Trinajstić information content (AvgIpc) is 2.91. The molecule has 2 heterocycles. The highest BCUT2D eigenvalue weighted by Gasteiger charge is 2.33. The minimum Gasteiger partial charge on any atom is -0.327 e. The van der Waals surface area contributed by atoms with Crippen LogP contribution in [0.3, 0.4) is 0 Å². The van der Waals surface area contributed by atoms with Crippen molar-refractivity contribution in [2.24, 2.45) is 11.1 Å². The molecule has 132 valence electrons. The topological polar surface area (TPSA) is 60.0 Å². The molecule has 1 aliphatic rings. The summed E-state index contributed by atoms with van der Waals surface area (Å²) in [6.07, 6.45) is 2.92. The molecule has 1 atom stereocenters. The predicted octanol–water partition coefficient (Wildman–Crippen LogP) is 3.56. The largest absolute Gasteiger partial charge is 0.327 e. The zero-order valence-electron chi connectivity index (χ0n) is 13.7. The summed E-state index contributed by atoms with van der Waals surface area (Å²) < 4.78 is 1.69. The van der Waals surface area contributed by atoms with Gasteiger partial charge < -0.3 is 5.73 Å². The number of rotatable bonds is 3. The molecule has 0 saturated carbocycles. The van der Waals surface area contributed by atoms with E-state index < -0.39 is 0 Å². The zero-order chi connectivity index (χ0) is 16.6. The van der Waals surface area contributed by atoms with Crippen LogP contribution in [0.2, 0.25) is 10.0 Å². The van der Waals surface area contributed by atoms with Crippen LogP contribution in [0, 0.1) is 5.41 Å². The highest BCUT2D eigenvalue weighted by Crippen LogP contribution is 2.28. The molecule has 5 nitrogen and oxygen atoms in total. The molecule has 1 fully saturated rings. The number of nitrogens with zero attached hydrogens (tertiary/aromatic N) is 4. The fourth-order valence-corrected chi connectivity index (χ4v) is 3.50. The van der Waals surface area contributed by atoms with Gasteiger partial charge in [-0.15, -0.1) is 17.5 Å². The summed E-state index contributed by atoms with van der Waals surface area (Å²) in [5.41, 5.74) is 8.00. The summed E-state index contributed by atoms with van der Waals surface area (Å²) in [7, 11) is 0. The van der Waals surface area contributed by atoms with Gasteiger partial charge in [0.25, 0.3) is 0 Å². The van der Waals surface area contributed by atoms with E-state index in [2.05, 4.69) is 29.1 Å². The third-order valence-electron chi connectivity index (χ3n) is 4.47. The lowest BCUT2D eigenvalue weighted by atomic mass is 9.80. The van der Waals surface area contributed by atoms with Crippen LogP contribution in [0.15, 0.2) is 24.4 Å². The Balaban J connectivity index is 0.00000208. The molecule has 1 unspecified atom stereocenters. The van der Waals surface area contributed by atoms with E-state index in [1.807, 2.05) is 12.3 Å². The van der Waals surface area contributed by atoms with Crippen molar-refractivity contribution in [1.82, 2.24) is 19.9 Å². The molecule has 2 aromatic rings. The number of halogens is 3. The van der Waals surface area contributed by atoms with E-state index in [0.29, 0.717) is 10.0 Å². The molecule has 1 aromatic carbocycles. The standard InChI is InChI=1S/C16H21Cl2N5.ClH/c1-16(2)10-22(6-5-15(16)19)8-12-9-23(21-20-12)14-4-3-11(17)7-13(14)18;/h3-4,7,9,15H,5-6,8,10,19H2,1-2H3;1H. The van der Waals surface area contributed by atoms with Gasteiger partial charge in [0.2, 0.25) is 0 Å². The summed E-state index contributed by atoms with van der Waals surface area (Å²) in [6.45, 7) is 7.14. The minimum absolute atomic E-state index is 0. The SMILES string of the molecule is CC1(C)CN(Cc2cn(-c3ccc(Cl)cc3Cl)nn2)CCC1N.Cl. The minimum atomic E-state index is 0. The maximum atomic E-state index is 6.22. The maximum Gasteiger partial charge on any atom is 0.0971 e. The molecule has 0 radical (unpaired) electrons. The van der Waals surface area contributed by atoms with Crippen LogP contribution >= 0.6 is 35.6 Å². The van der Waals surface area contributed by atoms with Gasteiger partial charge in [0.1, 0.15) is 0 Å². The molecule has 2 N–H and O–H groups in total. The zero-order valence-corrected chi connectivity index (χ0v) is 16.1. The third kappa shape index (κ3) is 4.21. The van der Waals surface area contributed by atoms with E-state index in [1.165, 1.54) is 0 Å². The smallest absolute Gasteiger partial charge is 0.0971 e. The molecule has 8 heteroatoms.